The highest BCUT2D eigenvalue weighted by Gasteiger charge is 2.28. The highest BCUT2D eigenvalue weighted by Crippen LogP contribution is 2.20. The van der Waals surface area contributed by atoms with Crippen LogP contribution in [0.4, 0.5) is 14.4 Å². The molecule has 15 nitrogen and oxygen atoms in total. The van der Waals surface area contributed by atoms with Crippen LogP contribution in [0, 0.1) is 0 Å². The number of aromatic nitrogens is 2. The molecule has 0 atom stereocenters. The minimum Gasteiger partial charge on any atom is -0.494 e. The fourth-order valence-electron chi connectivity index (χ4n) is 5.97. The minimum atomic E-state index is -0.750. The fraction of sp³-hybridized carbons (Fsp3) is 0.651. The third kappa shape index (κ3) is 18.5. The Hall–Kier alpha value is -4.95. The van der Waals surface area contributed by atoms with Crippen LogP contribution in [0.1, 0.15) is 139 Å². The van der Waals surface area contributed by atoms with Gasteiger partial charge >= 0.3 is 18.3 Å². The second kappa shape index (κ2) is 22.3. The molecule has 0 radical (unpaired) electrons. The number of ether oxygens (including phenoxy) is 4. The van der Waals surface area contributed by atoms with Crippen molar-refractivity contribution in [3.63, 3.8) is 0 Å². The Balaban J connectivity index is 1.41. The average molecular weight is 810 g/mol. The van der Waals surface area contributed by atoms with Crippen molar-refractivity contribution in [3.05, 3.63) is 47.8 Å². The number of hydrogen-bond acceptors (Lipinski definition) is 9. The van der Waals surface area contributed by atoms with Crippen LogP contribution in [0.25, 0.3) is 0 Å². The molecule has 1 aliphatic rings. The van der Waals surface area contributed by atoms with E-state index in [1.54, 1.807) is 46.4 Å². The first-order valence-corrected chi connectivity index (χ1v) is 20.6. The normalized spacial score (nSPS) is 14.2. The molecule has 1 aliphatic heterocycles. The summed E-state index contributed by atoms with van der Waals surface area (Å²) >= 11 is 0. The van der Waals surface area contributed by atoms with Crippen molar-refractivity contribution in [1.29, 1.82) is 0 Å². The number of carbonyl (C=O) groups is 4. The number of hydrogen-bond donors (Lipinski definition) is 1. The molecular weight excluding hydrogens is 743 g/mol. The van der Waals surface area contributed by atoms with Gasteiger partial charge in [0.25, 0.3) is 0 Å². The zero-order valence-corrected chi connectivity index (χ0v) is 36.5. The van der Waals surface area contributed by atoms with E-state index in [4.69, 9.17) is 18.9 Å². The summed E-state index contributed by atoms with van der Waals surface area (Å²) in [6.45, 7) is 20.7. The smallest absolute Gasteiger partial charge is 0.435 e. The van der Waals surface area contributed by atoms with Crippen molar-refractivity contribution in [1.82, 2.24) is 19.4 Å². The highest BCUT2D eigenvalue weighted by atomic mass is 16.6. The minimum absolute atomic E-state index is 0.234. The summed E-state index contributed by atoms with van der Waals surface area (Å²) in [5, 5.41) is 2.62. The third-order valence-corrected chi connectivity index (χ3v) is 8.37. The van der Waals surface area contributed by atoms with Gasteiger partial charge in [0.1, 0.15) is 34.2 Å². The van der Waals surface area contributed by atoms with Crippen LogP contribution in [0.3, 0.4) is 0 Å². The predicted octanol–water partition coefficient (Wildman–Crippen LogP) is 8.57. The summed E-state index contributed by atoms with van der Waals surface area (Å²) in [7, 11) is 0. The van der Waals surface area contributed by atoms with Gasteiger partial charge in [-0.3, -0.25) is 20.0 Å². The first-order valence-electron chi connectivity index (χ1n) is 20.6. The Morgan fingerprint density at radius 1 is 0.741 bits per heavy atom. The van der Waals surface area contributed by atoms with E-state index in [9.17, 15) is 19.2 Å². The molecule has 4 amide bonds. The number of nitrogens with zero attached hydrogens (tertiary/aromatic N) is 6. The number of imidazole rings is 1. The average Bonchev–Trinajstić information content (AvgIpc) is 3.47. The number of rotatable bonds is 16. The lowest BCUT2D eigenvalue weighted by Crippen LogP contribution is -2.44. The molecule has 15 heteroatoms. The maximum absolute atomic E-state index is 12.8. The predicted molar refractivity (Wildman–Crippen MR) is 224 cm³/mol. The highest BCUT2D eigenvalue weighted by molar-refractivity contribution is 6.07. The lowest BCUT2D eigenvalue weighted by Gasteiger charge is -2.30. The Morgan fingerprint density at radius 3 is 1.90 bits per heavy atom. The first-order chi connectivity index (χ1) is 27.2. The largest absolute Gasteiger partial charge is 0.494 e. The van der Waals surface area contributed by atoms with E-state index in [1.807, 2.05) is 66.6 Å². The van der Waals surface area contributed by atoms with Crippen molar-refractivity contribution >= 4 is 35.9 Å². The molecule has 2 heterocycles. The van der Waals surface area contributed by atoms with Crippen LogP contribution in [0.2, 0.25) is 0 Å². The van der Waals surface area contributed by atoms with Crippen molar-refractivity contribution < 1.29 is 38.1 Å². The van der Waals surface area contributed by atoms with Gasteiger partial charge in [0.05, 0.1) is 6.61 Å². The monoisotopic (exact) mass is 810 g/mol. The van der Waals surface area contributed by atoms with Gasteiger partial charge in [-0.25, -0.2) is 14.4 Å². The van der Waals surface area contributed by atoms with E-state index < -0.39 is 35.1 Å². The number of amides is 4. The molecule has 2 aromatic rings. The lowest BCUT2D eigenvalue weighted by atomic mass is 10.1. The van der Waals surface area contributed by atoms with E-state index in [0.717, 1.165) is 63.5 Å². The van der Waals surface area contributed by atoms with Gasteiger partial charge in [0, 0.05) is 57.5 Å². The van der Waals surface area contributed by atoms with Gasteiger partial charge in [-0.1, -0.05) is 32.1 Å². The molecule has 1 N–H and O–H groups in total. The van der Waals surface area contributed by atoms with Gasteiger partial charge in [0.2, 0.25) is 11.5 Å². The van der Waals surface area contributed by atoms with Crippen molar-refractivity contribution in [2.24, 2.45) is 15.0 Å². The fourth-order valence-corrected chi connectivity index (χ4v) is 5.97. The number of aryl methyl sites for hydroxylation is 2. The zero-order valence-electron chi connectivity index (χ0n) is 36.5. The van der Waals surface area contributed by atoms with Crippen LogP contribution in [-0.2, 0) is 32.1 Å². The molecule has 3 rings (SSSR count). The van der Waals surface area contributed by atoms with Crippen LogP contribution in [-0.4, -0.2) is 86.4 Å². The molecule has 0 aliphatic carbocycles. The molecule has 322 valence electrons. The van der Waals surface area contributed by atoms with E-state index in [0.29, 0.717) is 56.3 Å². The molecule has 0 saturated heterocycles. The number of nitrogens with one attached hydrogen (secondary N) is 1. The molecule has 1 aromatic heterocycles. The molecule has 1 aromatic carbocycles. The summed E-state index contributed by atoms with van der Waals surface area (Å²) < 4.78 is 26.3. The number of benzene rings is 1. The number of aliphatic imine (C=N–C) groups is 2. The summed E-state index contributed by atoms with van der Waals surface area (Å²) in [4.78, 5) is 64.0. The van der Waals surface area contributed by atoms with Crippen LogP contribution in [0.15, 0.2) is 51.6 Å². The maximum Gasteiger partial charge on any atom is 0.435 e. The number of unbranched alkanes of at least 4 members (excludes halogenated alkanes) is 6. The lowest BCUT2D eigenvalue weighted by molar-refractivity contribution is -0.116. The van der Waals surface area contributed by atoms with Crippen molar-refractivity contribution in [3.8, 4) is 5.75 Å². The van der Waals surface area contributed by atoms with Crippen molar-refractivity contribution in [2.75, 3.05) is 19.7 Å². The van der Waals surface area contributed by atoms with Crippen LogP contribution < -0.4 is 15.7 Å². The SMILES string of the molecule is CC(=O)N=c1n(CCCCCCCCCC(=NC(=O)OC(C)(C)C)NC(=O)OC(C)(C)C)ccn1CCCOc1ccc(C2=NCCCN2C(=O)OC(C)(C)C)cc1. The summed E-state index contributed by atoms with van der Waals surface area (Å²) in [5.74, 6) is 1.31. The molecular formula is C43H67N7O8. The summed E-state index contributed by atoms with van der Waals surface area (Å²) in [6, 6.07) is 7.58. The number of alkyl carbamates (subject to hydrolysis) is 1. The maximum atomic E-state index is 12.8. The van der Waals surface area contributed by atoms with E-state index in [-0.39, 0.29) is 11.7 Å². The van der Waals surface area contributed by atoms with Gasteiger partial charge < -0.3 is 28.1 Å². The Kier molecular flexibility index (Phi) is 18.2. The second-order valence-corrected chi connectivity index (χ2v) is 17.4. The standard InChI is InChI=1S/C43H67N7O8/c1-32(51)45-37-48(26-17-15-13-11-12-14-16-20-35(46-38(52)56-41(2,3)4)47-39(53)57-42(5,6)7)29-30-49(37)27-19-31-55-34-23-21-33(22-24-34)36-44-25-18-28-50(36)40(54)58-43(8,9)10/h21-24,29-30H,11-20,25-28,31H2,1-10H3,(H,46,47,52,53). The Bertz CT molecular complexity index is 1790. The Labute approximate surface area is 344 Å². The topological polar surface area (TPSA) is 167 Å². The first kappa shape index (κ1) is 47.4. The van der Waals surface area contributed by atoms with Gasteiger partial charge in [-0.15, -0.1) is 0 Å². The second-order valence-electron chi connectivity index (χ2n) is 17.4. The van der Waals surface area contributed by atoms with E-state index in [2.05, 4.69) is 20.3 Å². The van der Waals surface area contributed by atoms with E-state index >= 15 is 0 Å². The van der Waals surface area contributed by atoms with Crippen LogP contribution >= 0.6 is 0 Å². The quantitative estimate of drug-likeness (QED) is 0.0762. The molecule has 0 saturated carbocycles. The van der Waals surface area contributed by atoms with Gasteiger partial charge in [-0.2, -0.15) is 9.98 Å². The summed E-state index contributed by atoms with van der Waals surface area (Å²) in [6.07, 6.45) is 10.8. The Morgan fingerprint density at radius 2 is 1.31 bits per heavy atom. The van der Waals surface area contributed by atoms with E-state index in [1.165, 1.54) is 6.92 Å². The van der Waals surface area contributed by atoms with Gasteiger partial charge in [-0.05, 0) is 112 Å². The molecule has 0 fully saturated rings. The molecule has 0 bridgehead atoms. The molecule has 0 spiro atoms. The zero-order chi connectivity index (χ0) is 42.9. The van der Waals surface area contributed by atoms with Crippen LogP contribution in [0.5, 0.6) is 5.75 Å². The number of amidine groups is 2. The molecule has 0 unspecified atom stereocenters. The van der Waals surface area contributed by atoms with Gasteiger partial charge in [0.15, 0.2) is 0 Å². The number of carbonyl (C=O) groups excluding carboxylic acids is 4. The molecule has 58 heavy (non-hydrogen) atoms. The van der Waals surface area contributed by atoms with Crippen molar-refractivity contribution in [2.45, 2.75) is 163 Å². The summed E-state index contributed by atoms with van der Waals surface area (Å²) in [5.41, 5.74) is -0.509. The third-order valence-electron chi connectivity index (χ3n) is 8.37.